The normalized spacial score (nSPS) is 11.5. The van der Waals surface area contributed by atoms with Gasteiger partial charge in [0.1, 0.15) is 5.75 Å². The summed E-state index contributed by atoms with van der Waals surface area (Å²) in [5.41, 5.74) is 4.55. The fourth-order valence-electron chi connectivity index (χ4n) is 2.94. The van der Waals surface area contributed by atoms with Crippen molar-refractivity contribution in [2.45, 2.75) is 26.7 Å². The molecule has 0 amide bonds. The highest BCUT2D eigenvalue weighted by Gasteiger charge is 2.09. The number of rotatable bonds is 6. The Kier molecular flexibility index (Phi) is 6.24. The molecule has 3 rings (SSSR count). The van der Waals surface area contributed by atoms with Crippen molar-refractivity contribution in [3.8, 4) is 22.9 Å². The van der Waals surface area contributed by atoms with Crippen molar-refractivity contribution in [2.75, 3.05) is 0 Å². The Morgan fingerprint density at radius 3 is 2.04 bits per heavy atom. The van der Waals surface area contributed by atoms with Crippen molar-refractivity contribution >= 4 is 5.97 Å². The van der Waals surface area contributed by atoms with Gasteiger partial charge in [0.2, 0.25) is 0 Å². The van der Waals surface area contributed by atoms with Crippen molar-refractivity contribution < 1.29 is 9.53 Å². The number of carbonyl (C=O) groups excluding carboxylic acids is 1. The summed E-state index contributed by atoms with van der Waals surface area (Å²) in [6.45, 7) is 4.48. The molecule has 0 aliphatic carbocycles. The molecule has 3 aromatic carbocycles. The van der Waals surface area contributed by atoms with Crippen LogP contribution in [0.2, 0.25) is 0 Å². The first kappa shape index (κ1) is 19.4. The van der Waals surface area contributed by atoms with Gasteiger partial charge >= 0.3 is 5.97 Å². The van der Waals surface area contributed by atoms with Crippen molar-refractivity contribution in [2.24, 2.45) is 5.92 Å². The van der Waals surface area contributed by atoms with E-state index in [1.807, 2.05) is 18.2 Å². The summed E-state index contributed by atoms with van der Waals surface area (Å²) < 4.78 is 5.36. The Hall–Kier alpha value is -3.38. The highest BCUT2D eigenvalue weighted by molar-refractivity contribution is 5.91. The minimum absolute atomic E-state index is 0.417. The van der Waals surface area contributed by atoms with E-state index in [0.29, 0.717) is 22.8 Å². The lowest BCUT2D eigenvalue weighted by molar-refractivity contribution is 0.0735. The lowest BCUT2D eigenvalue weighted by atomic mass is 9.96. The second-order valence-electron chi connectivity index (χ2n) is 7.02. The monoisotopic (exact) mass is 369 g/mol. The number of ether oxygens (including phenoxy) is 1. The molecular formula is C25H23NO2. The lowest BCUT2D eigenvalue weighted by Gasteiger charge is -2.09. The summed E-state index contributed by atoms with van der Waals surface area (Å²) in [6, 6.07) is 24.5. The number of carbonyl (C=O) groups is 1. The van der Waals surface area contributed by atoms with Gasteiger partial charge in [-0.3, -0.25) is 0 Å². The van der Waals surface area contributed by atoms with Crippen LogP contribution in [0.5, 0.6) is 5.75 Å². The van der Waals surface area contributed by atoms with E-state index < -0.39 is 5.97 Å². The molecule has 0 aliphatic heterocycles. The van der Waals surface area contributed by atoms with E-state index in [1.165, 1.54) is 12.0 Å². The third-order valence-corrected chi connectivity index (χ3v) is 4.88. The second-order valence-corrected chi connectivity index (χ2v) is 7.02. The van der Waals surface area contributed by atoms with Crippen LogP contribution >= 0.6 is 0 Å². The maximum absolute atomic E-state index is 12.3. The summed E-state index contributed by atoms with van der Waals surface area (Å²) in [5.74, 6) is 0.692. The summed E-state index contributed by atoms with van der Waals surface area (Å²) in [7, 11) is 0. The number of hydrogen-bond acceptors (Lipinski definition) is 3. The molecule has 0 aliphatic rings. The van der Waals surface area contributed by atoms with Gasteiger partial charge in [-0.1, -0.05) is 56.7 Å². The predicted octanol–water partition coefficient (Wildman–Crippen LogP) is 6.03. The van der Waals surface area contributed by atoms with E-state index in [4.69, 9.17) is 10.00 Å². The van der Waals surface area contributed by atoms with Crippen LogP contribution in [0.15, 0.2) is 72.8 Å². The highest BCUT2D eigenvalue weighted by atomic mass is 16.5. The van der Waals surface area contributed by atoms with E-state index >= 15 is 0 Å². The van der Waals surface area contributed by atoms with Gasteiger partial charge < -0.3 is 4.74 Å². The molecule has 140 valence electrons. The number of nitrogens with zero attached hydrogens (tertiary/aromatic N) is 1. The average Bonchev–Trinajstić information content (AvgIpc) is 2.75. The molecule has 0 N–H and O–H groups in total. The minimum Gasteiger partial charge on any atom is -0.423 e. The number of benzene rings is 3. The zero-order chi connectivity index (χ0) is 19.9. The Morgan fingerprint density at radius 1 is 0.929 bits per heavy atom. The lowest BCUT2D eigenvalue weighted by Crippen LogP contribution is -2.08. The maximum Gasteiger partial charge on any atom is 0.343 e. The third kappa shape index (κ3) is 4.86. The second kappa shape index (κ2) is 9.01. The van der Waals surface area contributed by atoms with E-state index in [2.05, 4.69) is 38.1 Å². The van der Waals surface area contributed by atoms with E-state index in [9.17, 15) is 4.79 Å². The van der Waals surface area contributed by atoms with Gasteiger partial charge in [-0.25, -0.2) is 4.79 Å². The molecule has 3 heteroatoms. The molecule has 1 unspecified atom stereocenters. The van der Waals surface area contributed by atoms with Gasteiger partial charge in [0, 0.05) is 0 Å². The molecule has 0 saturated heterocycles. The van der Waals surface area contributed by atoms with Crippen molar-refractivity contribution in [1.82, 2.24) is 0 Å². The van der Waals surface area contributed by atoms with Crippen LogP contribution in [0.25, 0.3) is 11.1 Å². The van der Waals surface area contributed by atoms with Crippen LogP contribution in [-0.2, 0) is 6.42 Å². The molecule has 0 aromatic heterocycles. The first-order valence-electron chi connectivity index (χ1n) is 9.50. The Balaban J connectivity index is 1.67. The minimum atomic E-state index is -0.417. The summed E-state index contributed by atoms with van der Waals surface area (Å²) in [6.07, 6.45) is 2.28. The smallest absolute Gasteiger partial charge is 0.343 e. The summed E-state index contributed by atoms with van der Waals surface area (Å²) in [4.78, 5) is 12.3. The molecular weight excluding hydrogens is 346 g/mol. The largest absolute Gasteiger partial charge is 0.423 e. The van der Waals surface area contributed by atoms with E-state index in [-0.39, 0.29) is 0 Å². The van der Waals surface area contributed by atoms with Gasteiger partial charge in [-0.15, -0.1) is 0 Å². The Labute approximate surface area is 166 Å². The summed E-state index contributed by atoms with van der Waals surface area (Å²) >= 11 is 0. The molecule has 0 radical (unpaired) electrons. The Morgan fingerprint density at radius 2 is 1.50 bits per heavy atom. The fraction of sp³-hybridized carbons (Fsp3) is 0.200. The van der Waals surface area contributed by atoms with Crippen LogP contribution in [0.4, 0.5) is 0 Å². The molecule has 0 spiro atoms. The van der Waals surface area contributed by atoms with Crippen LogP contribution in [0.3, 0.4) is 0 Å². The predicted molar refractivity (Wildman–Crippen MR) is 111 cm³/mol. The van der Waals surface area contributed by atoms with Gasteiger partial charge in [0.25, 0.3) is 0 Å². The van der Waals surface area contributed by atoms with Crippen molar-refractivity contribution in [3.63, 3.8) is 0 Å². The molecule has 1 atom stereocenters. The summed E-state index contributed by atoms with van der Waals surface area (Å²) in [5, 5.41) is 8.82. The quantitative estimate of drug-likeness (QED) is 0.393. The van der Waals surface area contributed by atoms with Crippen molar-refractivity contribution in [3.05, 3.63) is 89.5 Å². The SMILES string of the molecule is CCC(C)Cc1ccc(-c2ccc(C(=O)Oc3ccc(C#N)cc3)cc2)cc1. The van der Waals surface area contributed by atoms with Crippen LogP contribution < -0.4 is 4.74 Å². The van der Waals surface area contributed by atoms with Crippen LogP contribution in [0, 0.1) is 17.2 Å². The Bertz CT molecular complexity index is 965. The molecule has 0 bridgehead atoms. The first-order valence-corrected chi connectivity index (χ1v) is 9.50. The highest BCUT2D eigenvalue weighted by Crippen LogP contribution is 2.22. The zero-order valence-electron chi connectivity index (χ0n) is 16.2. The van der Waals surface area contributed by atoms with Crippen LogP contribution in [0.1, 0.15) is 41.8 Å². The number of hydrogen-bond donors (Lipinski definition) is 0. The van der Waals surface area contributed by atoms with Crippen LogP contribution in [-0.4, -0.2) is 5.97 Å². The molecule has 0 saturated carbocycles. The standard InChI is InChI=1S/C25H23NO2/c1-3-18(2)16-19-4-8-21(9-5-19)22-10-12-23(13-11-22)25(27)28-24-14-6-20(17-26)7-15-24/h4-15,18H,3,16H2,1-2H3. The third-order valence-electron chi connectivity index (χ3n) is 4.88. The molecule has 0 heterocycles. The molecule has 28 heavy (non-hydrogen) atoms. The number of esters is 1. The number of nitriles is 1. The maximum atomic E-state index is 12.3. The van der Waals surface area contributed by atoms with Crippen molar-refractivity contribution in [1.29, 1.82) is 5.26 Å². The van der Waals surface area contributed by atoms with Gasteiger partial charge in [-0.2, -0.15) is 5.26 Å². The van der Waals surface area contributed by atoms with Gasteiger partial charge in [0.05, 0.1) is 17.2 Å². The van der Waals surface area contributed by atoms with E-state index in [1.54, 1.807) is 36.4 Å². The molecule has 3 nitrogen and oxygen atoms in total. The average molecular weight is 369 g/mol. The fourth-order valence-corrected chi connectivity index (χ4v) is 2.94. The molecule has 3 aromatic rings. The zero-order valence-corrected chi connectivity index (χ0v) is 16.2. The van der Waals surface area contributed by atoms with E-state index in [0.717, 1.165) is 17.5 Å². The first-order chi connectivity index (χ1) is 13.6. The topological polar surface area (TPSA) is 50.1 Å². The van der Waals surface area contributed by atoms with Gasteiger partial charge in [-0.05, 0) is 65.4 Å². The molecule has 0 fully saturated rings. The van der Waals surface area contributed by atoms with Gasteiger partial charge in [0.15, 0.2) is 0 Å².